The molecule has 3 aromatic carbocycles. The molecule has 1 aliphatic carbocycles. The van der Waals surface area contributed by atoms with Crippen molar-refractivity contribution in [2.24, 2.45) is 10.2 Å². The molecule has 0 radical (unpaired) electrons. The molecule has 0 saturated carbocycles. The van der Waals surface area contributed by atoms with Crippen molar-refractivity contribution in [1.82, 2.24) is 9.78 Å². The summed E-state index contributed by atoms with van der Waals surface area (Å²) >= 11 is 0. The summed E-state index contributed by atoms with van der Waals surface area (Å²) in [7, 11) is 0. The van der Waals surface area contributed by atoms with E-state index in [0.717, 1.165) is 5.69 Å². The lowest BCUT2D eigenvalue weighted by Gasteiger charge is -2.15. The van der Waals surface area contributed by atoms with Gasteiger partial charge in [0.25, 0.3) is 5.91 Å². The first-order chi connectivity index (χ1) is 18.9. The molecule has 6 rings (SSSR count). The number of azo groups is 1. The van der Waals surface area contributed by atoms with E-state index >= 15 is 0 Å². The molecule has 0 bridgehead atoms. The first-order valence-electron chi connectivity index (χ1n) is 12.1. The summed E-state index contributed by atoms with van der Waals surface area (Å²) in [6.45, 7) is 0. The van der Waals surface area contributed by atoms with Crippen molar-refractivity contribution in [3.05, 3.63) is 114 Å². The van der Waals surface area contributed by atoms with Crippen LogP contribution < -0.4 is 5.32 Å². The molecule has 5 aromatic rings. The monoisotopic (exact) mass is 527 g/mol. The Labute approximate surface area is 220 Å². The van der Waals surface area contributed by atoms with Crippen LogP contribution in [-0.2, 0) is 19.0 Å². The van der Waals surface area contributed by atoms with E-state index in [-0.39, 0.29) is 17.9 Å². The molecule has 0 atom stereocenters. The number of amides is 1. The molecule has 0 spiro atoms. The van der Waals surface area contributed by atoms with Crippen molar-refractivity contribution in [3.63, 3.8) is 0 Å². The van der Waals surface area contributed by atoms with E-state index < -0.39 is 11.9 Å². The van der Waals surface area contributed by atoms with Gasteiger partial charge in [0.05, 0.1) is 29.0 Å². The van der Waals surface area contributed by atoms with E-state index in [1.54, 1.807) is 54.6 Å². The number of carbonyl (C=O) groups excluding carboxylic acids is 1. The number of anilines is 1. The maximum Gasteiger partial charge on any atom is 0.435 e. The van der Waals surface area contributed by atoms with Gasteiger partial charge in [-0.15, -0.1) is 0 Å². The average molecular weight is 528 g/mol. The lowest BCUT2D eigenvalue weighted by atomic mass is 9.94. The molecular formula is C29H20F3N5O2. The minimum atomic E-state index is -4.59. The van der Waals surface area contributed by atoms with Crippen LogP contribution >= 0.6 is 0 Å². The smallest absolute Gasteiger partial charge is 0.435 e. The fourth-order valence-electron chi connectivity index (χ4n) is 4.54. The third-order valence-corrected chi connectivity index (χ3v) is 6.39. The van der Waals surface area contributed by atoms with Crippen LogP contribution in [0.5, 0.6) is 0 Å². The summed E-state index contributed by atoms with van der Waals surface area (Å²) in [5.74, 6) is 0.261. The third-order valence-electron chi connectivity index (χ3n) is 6.39. The summed E-state index contributed by atoms with van der Waals surface area (Å²) in [6.07, 6.45) is -2.57. The molecule has 194 valence electrons. The molecule has 2 heterocycles. The van der Waals surface area contributed by atoms with Crippen LogP contribution in [0, 0.1) is 0 Å². The van der Waals surface area contributed by atoms with Crippen LogP contribution in [0.15, 0.2) is 106 Å². The Morgan fingerprint density at radius 3 is 2.26 bits per heavy atom. The largest absolute Gasteiger partial charge is 0.469 e. The van der Waals surface area contributed by atoms with E-state index in [1.165, 1.54) is 10.9 Å². The number of rotatable bonds is 5. The van der Waals surface area contributed by atoms with E-state index in [0.29, 0.717) is 46.1 Å². The number of halogens is 3. The number of nitrogens with zero attached hydrogens (tertiary/aromatic N) is 4. The van der Waals surface area contributed by atoms with Crippen molar-refractivity contribution in [2.45, 2.75) is 19.0 Å². The van der Waals surface area contributed by atoms with Crippen molar-refractivity contribution in [1.29, 1.82) is 0 Å². The Bertz CT molecular complexity index is 1670. The molecular weight excluding hydrogens is 507 g/mol. The fraction of sp³-hybridized carbons (Fsp3) is 0.103. The van der Waals surface area contributed by atoms with Gasteiger partial charge in [0.15, 0.2) is 5.69 Å². The molecule has 0 saturated heterocycles. The number of furan rings is 1. The predicted octanol–water partition coefficient (Wildman–Crippen LogP) is 7.92. The van der Waals surface area contributed by atoms with Crippen molar-refractivity contribution in [3.8, 4) is 16.9 Å². The van der Waals surface area contributed by atoms with Crippen molar-refractivity contribution >= 4 is 23.0 Å². The highest BCUT2D eigenvalue weighted by molar-refractivity contribution is 6.04. The van der Waals surface area contributed by atoms with Gasteiger partial charge in [-0.2, -0.15) is 28.5 Å². The maximum absolute atomic E-state index is 13.8. The quantitative estimate of drug-likeness (QED) is 0.236. The molecule has 1 N–H and O–H groups in total. The molecule has 1 amide bonds. The first-order valence-corrected chi connectivity index (χ1v) is 12.1. The van der Waals surface area contributed by atoms with E-state index in [4.69, 9.17) is 4.42 Å². The second-order valence-electron chi connectivity index (χ2n) is 8.93. The number of fused-ring (bicyclic) bond motifs is 3. The zero-order valence-corrected chi connectivity index (χ0v) is 20.3. The number of aromatic nitrogens is 2. The summed E-state index contributed by atoms with van der Waals surface area (Å²) in [5.41, 5.74) is 2.85. The highest BCUT2D eigenvalue weighted by atomic mass is 19.4. The third kappa shape index (κ3) is 4.84. The van der Waals surface area contributed by atoms with Gasteiger partial charge in [-0.3, -0.25) is 4.79 Å². The molecule has 7 nitrogen and oxygen atoms in total. The van der Waals surface area contributed by atoms with Crippen LogP contribution in [0.25, 0.3) is 16.9 Å². The van der Waals surface area contributed by atoms with Crippen molar-refractivity contribution in [2.75, 3.05) is 5.32 Å². The molecule has 39 heavy (non-hydrogen) atoms. The van der Waals surface area contributed by atoms with Crippen LogP contribution in [-0.4, -0.2) is 15.7 Å². The number of nitrogens with one attached hydrogen (secondary N) is 1. The topological polar surface area (TPSA) is 84.8 Å². The highest BCUT2D eigenvalue weighted by Gasteiger charge is 2.41. The summed E-state index contributed by atoms with van der Waals surface area (Å²) in [5, 5.41) is 15.1. The Kier molecular flexibility index (Phi) is 6.07. The van der Waals surface area contributed by atoms with Crippen molar-refractivity contribution < 1.29 is 22.4 Å². The summed E-state index contributed by atoms with van der Waals surface area (Å²) in [4.78, 5) is 12.8. The lowest BCUT2D eigenvalue weighted by Crippen LogP contribution is -2.12. The first kappa shape index (κ1) is 24.4. The van der Waals surface area contributed by atoms with Crippen LogP contribution in [0.2, 0.25) is 0 Å². The zero-order valence-electron chi connectivity index (χ0n) is 20.3. The van der Waals surface area contributed by atoms with Crippen LogP contribution in [0.3, 0.4) is 0 Å². The van der Waals surface area contributed by atoms with Gasteiger partial charge in [0.2, 0.25) is 0 Å². The molecule has 0 unspecified atom stereocenters. The Hall–Kier alpha value is -4.99. The van der Waals surface area contributed by atoms with Gasteiger partial charge in [-0.1, -0.05) is 18.2 Å². The molecule has 0 aliphatic heterocycles. The standard InChI is InChI=1S/C29H20F3N5O2/c30-29(31,32)27-24-14-15-25-23(16-17-39-25)26(24)37(36-27)22-12-6-18(7-13-22)28(38)33-19-8-10-21(11-9-19)35-34-20-4-2-1-3-5-20/h1-13,16-17H,14-15H2,(H,33,38). The second-order valence-corrected chi connectivity index (χ2v) is 8.93. The Morgan fingerprint density at radius 2 is 1.56 bits per heavy atom. The number of aryl methyl sites for hydroxylation is 1. The number of hydrogen-bond acceptors (Lipinski definition) is 5. The van der Waals surface area contributed by atoms with E-state index in [2.05, 4.69) is 20.6 Å². The molecule has 2 aromatic heterocycles. The number of alkyl halides is 3. The van der Waals surface area contributed by atoms with Crippen LogP contribution in [0.4, 0.5) is 30.2 Å². The number of benzene rings is 3. The van der Waals surface area contributed by atoms with E-state index in [9.17, 15) is 18.0 Å². The summed E-state index contributed by atoms with van der Waals surface area (Å²) < 4.78 is 48.0. The SMILES string of the molecule is O=C(Nc1ccc(N=Nc2ccccc2)cc1)c1ccc(-n2nc(C(F)(F)F)c3c2-c2ccoc2CC3)cc1. The lowest BCUT2D eigenvalue weighted by molar-refractivity contribution is -0.142. The van der Waals surface area contributed by atoms with Gasteiger partial charge >= 0.3 is 6.18 Å². The number of hydrogen-bond donors (Lipinski definition) is 1. The Balaban J connectivity index is 1.21. The number of carbonyl (C=O) groups is 1. The molecule has 0 fully saturated rings. The zero-order chi connectivity index (χ0) is 27.0. The minimum absolute atomic E-state index is 0.143. The minimum Gasteiger partial charge on any atom is -0.469 e. The van der Waals surface area contributed by atoms with Gasteiger partial charge in [-0.25, -0.2) is 4.68 Å². The Morgan fingerprint density at radius 1 is 0.872 bits per heavy atom. The fourth-order valence-corrected chi connectivity index (χ4v) is 4.54. The average Bonchev–Trinajstić information content (AvgIpc) is 3.58. The van der Waals surface area contributed by atoms with Gasteiger partial charge < -0.3 is 9.73 Å². The van der Waals surface area contributed by atoms with Gasteiger partial charge in [0.1, 0.15) is 5.76 Å². The maximum atomic E-state index is 13.8. The normalized spacial score (nSPS) is 12.8. The molecule has 1 aliphatic rings. The van der Waals surface area contributed by atoms with E-state index in [1.807, 2.05) is 30.3 Å². The summed E-state index contributed by atoms with van der Waals surface area (Å²) in [6, 6.07) is 24.1. The van der Waals surface area contributed by atoms with Gasteiger partial charge in [0, 0.05) is 28.8 Å². The van der Waals surface area contributed by atoms with Gasteiger partial charge in [-0.05, 0) is 73.2 Å². The second kappa shape index (κ2) is 9.71. The predicted molar refractivity (Wildman–Crippen MR) is 139 cm³/mol. The highest BCUT2D eigenvalue weighted by Crippen LogP contribution is 2.42. The molecule has 10 heteroatoms. The van der Waals surface area contributed by atoms with Crippen LogP contribution in [0.1, 0.15) is 27.4 Å².